The zero-order valence-electron chi connectivity index (χ0n) is 13.1. The van der Waals surface area contributed by atoms with Gasteiger partial charge in [-0.25, -0.2) is 0 Å². The van der Waals surface area contributed by atoms with Crippen molar-refractivity contribution in [1.82, 2.24) is 9.80 Å². The molecule has 1 heterocycles. The number of amides is 2. The first-order valence-corrected chi connectivity index (χ1v) is 8.30. The van der Waals surface area contributed by atoms with Crippen LogP contribution in [0.2, 0.25) is 0 Å². The molecule has 7 nitrogen and oxygen atoms in total. The van der Waals surface area contributed by atoms with Gasteiger partial charge in [0.15, 0.2) is 0 Å². The highest BCUT2D eigenvalue weighted by atomic mass is 32.2. The van der Waals surface area contributed by atoms with Crippen molar-refractivity contribution >= 4 is 28.6 Å². The van der Waals surface area contributed by atoms with Crippen molar-refractivity contribution in [3.8, 4) is 0 Å². The van der Waals surface area contributed by atoms with Crippen LogP contribution < -0.4 is 0 Å². The summed E-state index contributed by atoms with van der Waals surface area (Å²) < 4.78 is 0. The fraction of sp³-hybridized carbons (Fsp3) is 0.467. The largest absolute Gasteiger partial charge is 0.339 e. The first kappa shape index (κ1) is 17.3. The Kier molecular flexibility index (Phi) is 5.59. The van der Waals surface area contributed by atoms with Crippen molar-refractivity contribution in [2.24, 2.45) is 0 Å². The lowest BCUT2D eigenvalue weighted by atomic mass is 10.1. The Balaban J connectivity index is 1.96. The predicted molar refractivity (Wildman–Crippen MR) is 88.3 cm³/mol. The van der Waals surface area contributed by atoms with Gasteiger partial charge in [0, 0.05) is 44.4 Å². The third-order valence-electron chi connectivity index (χ3n) is 3.98. The summed E-state index contributed by atoms with van der Waals surface area (Å²) in [4.78, 5) is 37.4. The van der Waals surface area contributed by atoms with Gasteiger partial charge in [-0.2, -0.15) is 0 Å². The highest BCUT2D eigenvalue weighted by Gasteiger charge is 2.24. The molecule has 1 fully saturated rings. The summed E-state index contributed by atoms with van der Waals surface area (Å²) in [5.41, 5.74) is 0.720. The molecule has 0 aliphatic carbocycles. The fourth-order valence-corrected chi connectivity index (χ4v) is 3.23. The Morgan fingerprint density at radius 1 is 1.52 bits per heavy atom. The number of thioether (sulfide) groups is 1. The van der Waals surface area contributed by atoms with Crippen LogP contribution in [0, 0.1) is 10.1 Å². The third-order valence-corrected chi connectivity index (χ3v) is 4.87. The number of carbonyl (C=O) groups is 2. The average molecular weight is 337 g/mol. The molecule has 1 aromatic carbocycles. The molecule has 0 spiro atoms. The van der Waals surface area contributed by atoms with Gasteiger partial charge in [-0.05, 0) is 12.5 Å². The number of nitrogens with zero attached hydrogens (tertiary/aromatic N) is 3. The number of non-ortho nitro benzene ring substituents is 1. The van der Waals surface area contributed by atoms with Crippen molar-refractivity contribution in [1.29, 1.82) is 0 Å². The Bertz CT molecular complexity index is 622. The van der Waals surface area contributed by atoms with Crippen molar-refractivity contribution < 1.29 is 14.5 Å². The Morgan fingerprint density at radius 2 is 2.26 bits per heavy atom. The summed E-state index contributed by atoms with van der Waals surface area (Å²) in [7, 11) is 1.67. The molecule has 1 aliphatic rings. The van der Waals surface area contributed by atoms with Crippen molar-refractivity contribution in [3.63, 3.8) is 0 Å². The molecule has 1 saturated heterocycles. The van der Waals surface area contributed by atoms with Crippen molar-refractivity contribution in [3.05, 3.63) is 39.9 Å². The lowest BCUT2D eigenvalue weighted by molar-refractivity contribution is -0.384. The molecular formula is C15H19N3O4S. The monoisotopic (exact) mass is 337 g/mol. The third kappa shape index (κ3) is 4.22. The average Bonchev–Trinajstić information content (AvgIpc) is 2.96. The number of nitro groups is 1. The van der Waals surface area contributed by atoms with Crippen LogP contribution in [0.4, 0.5) is 10.5 Å². The van der Waals surface area contributed by atoms with Crippen molar-refractivity contribution in [2.45, 2.75) is 19.4 Å². The molecule has 0 radical (unpaired) electrons. The van der Waals surface area contributed by atoms with E-state index in [4.69, 9.17) is 0 Å². The minimum absolute atomic E-state index is 0.00915. The van der Waals surface area contributed by atoms with Crippen LogP contribution in [0.25, 0.3) is 0 Å². The molecular weight excluding hydrogens is 318 g/mol. The van der Waals surface area contributed by atoms with Crippen LogP contribution in [-0.2, 0) is 4.79 Å². The molecule has 1 aromatic rings. The van der Waals surface area contributed by atoms with Gasteiger partial charge in [0.05, 0.1) is 11.0 Å². The maximum absolute atomic E-state index is 12.3. The predicted octanol–water partition coefficient (Wildman–Crippen LogP) is 2.67. The lowest BCUT2D eigenvalue weighted by Gasteiger charge is -2.26. The van der Waals surface area contributed by atoms with Gasteiger partial charge in [-0.1, -0.05) is 23.9 Å². The molecule has 1 aliphatic heterocycles. The maximum Gasteiger partial charge on any atom is 0.281 e. The first-order chi connectivity index (χ1) is 10.9. The minimum atomic E-state index is -0.450. The van der Waals surface area contributed by atoms with Gasteiger partial charge in [-0.3, -0.25) is 19.7 Å². The molecule has 2 amide bonds. The SMILES string of the molecule is CC(c1cccc([N+](=O)[O-])c1)N(C)C(=O)CCN1CCSC1=O. The van der Waals surface area contributed by atoms with Crippen LogP contribution in [0.15, 0.2) is 24.3 Å². The van der Waals surface area contributed by atoms with Crippen molar-refractivity contribution in [2.75, 3.05) is 25.9 Å². The second-order valence-corrected chi connectivity index (χ2v) is 6.43. The van der Waals surface area contributed by atoms with Crippen LogP contribution in [0.5, 0.6) is 0 Å². The Labute approximate surface area is 138 Å². The zero-order valence-corrected chi connectivity index (χ0v) is 13.9. The van der Waals surface area contributed by atoms with Gasteiger partial charge < -0.3 is 9.80 Å². The normalized spacial score (nSPS) is 15.6. The van der Waals surface area contributed by atoms with E-state index in [1.807, 2.05) is 6.92 Å². The molecule has 124 valence electrons. The highest BCUT2D eigenvalue weighted by molar-refractivity contribution is 8.13. The van der Waals surface area contributed by atoms with Gasteiger partial charge in [-0.15, -0.1) is 0 Å². The maximum atomic E-state index is 12.3. The smallest absolute Gasteiger partial charge is 0.281 e. The molecule has 1 atom stereocenters. The van der Waals surface area contributed by atoms with Crippen LogP contribution in [-0.4, -0.2) is 51.8 Å². The van der Waals surface area contributed by atoms with Crippen LogP contribution in [0.3, 0.4) is 0 Å². The van der Waals surface area contributed by atoms with Crippen LogP contribution in [0.1, 0.15) is 24.9 Å². The quantitative estimate of drug-likeness (QED) is 0.588. The fourth-order valence-electron chi connectivity index (χ4n) is 2.37. The summed E-state index contributed by atoms with van der Waals surface area (Å²) in [6.07, 6.45) is 0.252. The van der Waals surface area contributed by atoms with Gasteiger partial charge in [0.2, 0.25) is 5.91 Å². The van der Waals surface area contributed by atoms with Gasteiger partial charge in [0.1, 0.15) is 0 Å². The standard InChI is InChI=1S/C15H19N3O4S/c1-11(12-4-3-5-13(10-12)18(21)22)16(2)14(19)6-7-17-8-9-23-15(17)20/h3-5,10-11H,6-9H2,1-2H3. The van der Waals surface area contributed by atoms with Crippen LogP contribution >= 0.6 is 11.8 Å². The van der Waals surface area contributed by atoms with E-state index in [0.717, 1.165) is 5.75 Å². The number of rotatable bonds is 6. The molecule has 0 N–H and O–H groups in total. The minimum Gasteiger partial charge on any atom is -0.339 e. The zero-order chi connectivity index (χ0) is 17.0. The Morgan fingerprint density at radius 3 is 2.87 bits per heavy atom. The van der Waals surface area contributed by atoms with E-state index < -0.39 is 4.92 Å². The molecule has 0 saturated carbocycles. The van der Waals surface area contributed by atoms with E-state index in [2.05, 4.69) is 0 Å². The van der Waals surface area contributed by atoms with Gasteiger partial charge in [0.25, 0.3) is 10.9 Å². The highest BCUT2D eigenvalue weighted by Crippen LogP contribution is 2.24. The summed E-state index contributed by atoms with van der Waals surface area (Å²) >= 11 is 1.27. The second kappa shape index (κ2) is 7.45. The van der Waals surface area contributed by atoms with Gasteiger partial charge >= 0.3 is 0 Å². The second-order valence-electron chi connectivity index (χ2n) is 5.38. The summed E-state index contributed by atoms with van der Waals surface area (Å²) in [6, 6.07) is 6.01. The number of hydrogen-bond donors (Lipinski definition) is 0. The topological polar surface area (TPSA) is 83.8 Å². The lowest BCUT2D eigenvalue weighted by Crippen LogP contribution is -2.33. The van der Waals surface area contributed by atoms with E-state index >= 15 is 0 Å². The molecule has 0 aromatic heterocycles. The van der Waals surface area contributed by atoms with E-state index in [1.165, 1.54) is 23.9 Å². The number of benzene rings is 1. The molecule has 1 unspecified atom stereocenters. The number of nitro benzene ring substituents is 1. The van der Waals surface area contributed by atoms with E-state index in [0.29, 0.717) is 18.7 Å². The van der Waals surface area contributed by atoms with E-state index in [1.54, 1.807) is 29.0 Å². The summed E-state index contributed by atoms with van der Waals surface area (Å²) in [6.45, 7) is 2.92. The number of hydrogen-bond acceptors (Lipinski definition) is 5. The molecule has 2 rings (SSSR count). The number of carbonyl (C=O) groups excluding carboxylic acids is 2. The Hall–Kier alpha value is -2.09. The first-order valence-electron chi connectivity index (χ1n) is 7.32. The molecule has 0 bridgehead atoms. The summed E-state index contributed by atoms with van der Waals surface area (Å²) in [5.74, 6) is 0.682. The molecule has 8 heteroatoms. The van der Waals surface area contributed by atoms with E-state index in [9.17, 15) is 19.7 Å². The van der Waals surface area contributed by atoms with E-state index in [-0.39, 0.29) is 29.3 Å². The summed E-state index contributed by atoms with van der Waals surface area (Å²) in [5, 5.41) is 10.9. The molecule has 23 heavy (non-hydrogen) atoms.